The third-order valence-corrected chi connectivity index (χ3v) is 16.1. The molecule has 4 saturated heterocycles. The highest BCUT2D eigenvalue weighted by Crippen LogP contribution is 2.53. The van der Waals surface area contributed by atoms with Crippen LogP contribution >= 0.6 is 15.5 Å². The Hall–Kier alpha value is -6.46. The van der Waals surface area contributed by atoms with Crippen LogP contribution in [0.3, 0.4) is 0 Å². The zero-order valence-electron chi connectivity index (χ0n) is 44.8. The molecule has 4 fully saturated rings. The number of nitrogens with zero attached hydrogens (tertiary/aromatic N) is 7. The number of aliphatic hydroxyl groups is 2. The van der Waals surface area contributed by atoms with E-state index in [2.05, 4.69) is 40.1 Å². The number of anilines is 1. The number of aromatic amines is 1. The number of aromatic nitrogens is 8. The Balaban J connectivity index is 0.000000194. The van der Waals surface area contributed by atoms with E-state index in [1.807, 2.05) is 6.92 Å². The Morgan fingerprint density at radius 1 is 0.738 bits per heavy atom. The lowest BCUT2D eigenvalue weighted by Crippen LogP contribution is -2.46. The molecule has 0 radical (unpaired) electrons. The van der Waals surface area contributed by atoms with E-state index < -0.39 is 99.8 Å². The minimum Gasteiger partial charge on any atom is -0.476 e. The van der Waals surface area contributed by atoms with Gasteiger partial charge in [-0.25, -0.2) is 24.1 Å². The van der Waals surface area contributed by atoms with Crippen LogP contribution in [0, 0.1) is 6.92 Å². The summed E-state index contributed by atoms with van der Waals surface area (Å²) in [4.78, 5) is 60.8. The summed E-state index contributed by atoms with van der Waals surface area (Å²) in [5, 5.41) is 27.5. The summed E-state index contributed by atoms with van der Waals surface area (Å²) in [6.45, 7) is 12.8. The molecular weight excluding hydrogens is 1090 g/mol. The van der Waals surface area contributed by atoms with Gasteiger partial charge in [0.15, 0.2) is 34.8 Å². The highest BCUT2D eigenvalue weighted by Gasteiger charge is 2.64. The minimum atomic E-state index is -4.23. The maximum absolute atomic E-state index is 14.0. The maximum Gasteiger partial charge on any atom is 0.459 e. The van der Waals surface area contributed by atoms with Gasteiger partial charge in [0.25, 0.3) is 5.56 Å². The summed E-state index contributed by atoms with van der Waals surface area (Å²) in [6.07, 6.45) is -3.70. The number of hydrogen-bond acceptors (Lipinski definition) is 24. The normalized spacial score (nSPS) is 26.1. The number of hydrogen-bond donors (Lipinski definition) is 6. The van der Waals surface area contributed by atoms with E-state index >= 15 is 0 Å². The van der Waals surface area contributed by atoms with E-state index in [-0.39, 0.29) is 60.6 Å². The van der Waals surface area contributed by atoms with Crippen LogP contribution in [-0.2, 0) is 56.2 Å². The number of carbonyl (C=O) groups is 2. The van der Waals surface area contributed by atoms with Gasteiger partial charge in [-0.15, -0.1) is 0 Å². The van der Waals surface area contributed by atoms with Crippen molar-refractivity contribution >= 4 is 55.7 Å². The molecule has 432 valence electrons. The van der Waals surface area contributed by atoms with E-state index in [4.69, 9.17) is 57.0 Å². The van der Waals surface area contributed by atoms with Crippen molar-refractivity contribution in [3.05, 3.63) is 89.5 Å². The highest BCUT2D eigenvalue weighted by atomic mass is 31.2. The first-order valence-electron chi connectivity index (χ1n) is 25.5. The highest BCUT2D eigenvalue weighted by molar-refractivity contribution is 7.52. The maximum atomic E-state index is 14.0. The molecule has 80 heavy (non-hydrogen) atoms. The number of H-pyrrole nitrogens is 1. The molecule has 7 N–H and O–H groups in total. The lowest BCUT2D eigenvalue weighted by Gasteiger charge is -2.32. The van der Waals surface area contributed by atoms with Crippen molar-refractivity contribution in [2.45, 2.75) is 128 Å². The lowest BCUT2D eigenvalue weighted by molar-refractivity contribution is -0.183. The largest absolute Gasteiger partial charge is 0.476 e. The first-order valence-corrected chi connectivity index (χ1v) is 28.6. The van der Waals surface area contributed by atoms with Gasteiger partial charge in [0.05, 0.1) is 57.9 Å². The van der Waals surface area contributed by atoms with Gasteiger partial charge in [-0.2, -0.15) is 20.1 Å². The molecule has 4 aliphatic rings. The summed E-state index contributed by atoms with van der Waals surface area (Å²) < 4.78 is 94.1. The summed E-state index contributed by atoms with van der Waals surface area (Å²) in [6, 6.07) is 14.6. The van der Waals surface area contributed by atoms with Gasteiger partial charge in [0, 0.05) is 0 Å². The Morgan fingerprint density at radius 3 is 1.64 bits per heavy atom. The number of esters is 2. The molecule has 29 nitrogen and oxygen atoms in total. The second-order valence-electron chi connectivity index (χ2n) is 19.7. The van der Waals surface area contributed by atoms with Crippen LogP contribution in [0.4, 0.5) is 5.95 Å². The summed E-state index contributed by atoms with van der Waals surface area (Å²) in [7, 11) is -8.44. The van der Waals surface area contributed by atoms with E-state index in [1.54, 1.807) is 99.8 Å². The average Bonchev–Trinajstić information content (AvgIpc) is 4.41. The molecule has 6 aromatic rings. The molecule has 4 unspecified atom stereocenters. The third-order valence-electron chi connectivity index (χ3n) is 12.8. The van der Waals surface area contributed by atoms with E-state index in [0.717, 1.165) is 0 Å². The van der Waals surface area contributed by atoms with Gasteiger partial charge in [-0.3, -0.25) is 37.5 Å². The van der Waals surface area contributed by atoms with Gasteiger partial charge >= 0.3 is 27.4 Å². The Bertz CT molecular complexity index is 3340. The minimum absolute atomic E-state index is 0.0302. The molecule has 4 aromatic heterocycles. The van der Waals surface area contributed by atoms with Gasteiger partial charge in [0.2, 0.25) is 11.8 Å². The Labute approximate surface area is 457 Å². The Morgan fingerprint density at radius 2 is 1.19 bits per heavy atom. The van der Waals surface area contributed by atoms with Gasteiger partial charge < -0.3 is 58.2 Å². The van der Waals surface area contributed by atoms with E-state index in [0.29, 0.717) is 29.5 Å². The molecule has 0 aliphatic carbocycles. The van der Waals surface area contributed by atoms with Crippen molar-refractivity contribution in [1.82, 2.24) is 49.2 Å². The van der Waals surface area contributed by atoms with Crippen molar-refractivity contribution in [2.24, 2.45) is 0 Å². The van der Waals surface area contributed by atoms with Crippen LogP contribution in [0.15, 0.2) is 78.1 Å². The van der Waals surface area contributed by atoms with Crippen LogP contribution in [0.25, 0.3) is 22.3 Å². The summed E-state index contributed by atoms with van der Waals surface area (Å²) in [5.41, 5.74) is 3.36. The molecule has 10 rings (SSSR count). The zero-order valence-corrected chi connectivity index (χ0v) is 46.6. The number of ether oxygens (including phenoxy) is 7. The van der Waals surface area contributed by atoms with Crippen LogP contribution in [0.2, 0.25) is 0 Å². The third kappa shape index (κ3) is 12.2. The lowest BCUT2D eigenvalue weighted by atomic mass is 10.0. The fourth-order valence-corrected chi connectivity index (χ4v) is 12.2. The van der Waals surface area contributed by atoms with Crippen LogP contribution in [0.1, 0.15) is 66.7 Å². The predicted octanol–water partition coefficient (Wildman–Crippen LogP) is 3.56. The summed E-state index contributed by atoms with van der Waals surface area (Å²) >= 11 is 0. The zero-order chi connectivity index (χ0) is 57.3. The van der Waals surface area contributed by atoms with Gasteiger partial charge in [-0.1, -0.05) is 36.4 Å². The number of carbonyl (C=O) groups excluding carboxylic acids is 2. The average molecular weight is 1160 g/mol. The monoisotopic (exact) mass is 1160 g/mol. The SMILES string of the molecule is CC(C)OC(=O)C(C)NP(=O)(OC[C@@]12CO[C@@H]([C@H](n3cnc4c(=O)[nH]c(N)nc43)O1)[C@@H]2O)Oc1ccccc1.CCOc1nc(C)nc2c1ncn2[C@@H]1O[C@@]2(COP(=O)(NC(C)C(=O)OC(C)C)Oc3ccccc3)CO[C@@H]1[C@@H]2O. The second-order valence-corrected chi connectivity index (χ2v) is 23.1. The number of nitrogens with one attached hydrogen (secondary N) is 3. The fraction of sp³-hybridized carbons (Fsp3) is 0.510. The topological polar surface area (TPSA) is 368 Å². The molecule has 31 heteroatoms. The number of benzene rings is 2. The van der Waals surface area contributed by atoms with Crippen molar-refractivity contribution in [2.75, 3.05) is 38.8 Å². The first kappa shape index (κ1) is 58.2. The van der Waals surface area contributed by atoms with Crippen molar-refractivity contribution < 1.29 is 80.2 Å². The molecule has 4 aliphatic heterocycles. The molecular formula is C49H63N11O18P2. The molecule has 12 atom stereocenters. The number of aryl methyl sites for hydroxylation is 1. The standard InChI is InChI=1S/C26H34N5O9P.C23H29N6O9P/c1-6-35-23-19-22(28-17(5)29-23)31(14-27-19)24-20-21(32)26(39-24,12-36-20)13-37-41(34,40-18-10-8-7-9-11-18)30-16(4)25(33)38-15(2)3;1-12(2)36-21(32)13(3)28-39(33,38-14-7-5-4-6-8-14)35-10-23-9-34-16(17(23)30)20(37-23)29-11-25-15-18(29)26-22(24)27-19(15)31/h7-11,14-16,20-21,24,32H,6,12-13H2,1-5H3,(H,30,34);4-8,11-13,16-17,20,30H,9-10H2,1-3H3,(H,28,33)(H3,24,26,27,31)/t16?,20-,21+,24-,26-,41?;13?,16-,17+,20-,23-,39?/m11/s1. The quantitative estimate of drug-likeness (QED) is 0.0418. The molecule has 0 spiro atoms. The number of nitrogen functional groups attached to an aromatic ring is 1. The number of aliphatic hydroxyl groups excluding tert-OH is 2. The first-order chi connectivity index (χ1) is 38.0. The van der Waals surface area contributed by atoms with Crippen LogP contribution in [0.5, 0.6) is 17.4 Å². The van der Waals surface area contributed by atoms with E-state index in [9.17, 15) is 33.7 Å². The number of para-hydroxylation sites is 2. The Kier molecular flexibility index (Phi) is 17.1. The molecule has 2 aromatic carbocycles. The molecule has 0 amide bonds. The van der Waals surface area contributed by atoms with E-state index in [1.165, 1.54) is 31.1 Å². The second kappa shape index (κ2) is 23.6. The summed E-state index contributed by atoms with van der Waals surface area (Å²) in [5.74, 6) is -0.115. The van der Waals surface area contributed by atoms with Crippen molar-refractivity contribution in [3.63, 3.8) is 0 Å². The van der Waals surface area contributed by atoms with Crippen molar-refractivity contribution in [3.8, 4) is 17.4 Å². The number of rotatable bonds is 22. The van der Waals surface area contributed by atoms with Gasteiger partial charge in [-0.05, 0) is 79.7 Å². The molecule has 0 saturated carbocycles. The number of nitrogens with two attached hydrogens (primary N) is 1. The number of imidazole rings is 2. The fourth-order valence-electron chi connectivity index (χ4n) is 9.08. The van der Waals surface area contributed by atoms with Gasteiger partial charge in [0.1, 0.15) is 65.0 Å². The smallest absolute Gasteiger partial charge is 0.459 e. The predicted molar refractivity (Wildman–Crippen MR) is 280 cm³/mol. The van der Waals surface area contributed by atoms with Crippen LogP contribution < -0.4 is 35.3 Å². The van der Waals surface area contributed by atoms with Crippen LogP contribution in [-0.4, -0.2) is 154 Å². The molecule has 8 heterocycles. The molecule has 4 bridgehead atoms. The number of fused-ring (bicyclic) bond motifs is 6. The van der Waals surface area contributed by atoms with Crippen molar-refractivity contribution in [1.29, 1.82) is 0 Å².